The predicted octanol–water partition coefficient (Wildman–Crippen LogP) is 3.72. The molecule has 3 aromatic heterocycles. The molecule has 0 atom stereocenters. The number of hydrogen-bond donors (Lipinski definition) is 0. The molecule has 1 aliphatic heterocycles. The Morgan fingerprint density at radius 1 is 1.06 bits per heavy atom. The van der Waals surface area contributed by atoms with Crippen molar-refractivity contribution in [1.82, 2.24) is 25.2 Å². The number of amides is 1. The van der Waals surface area contributed by atoms with Gasteiger partial charge in [-0.1, -0.05) is 41.6 Å². The van der Waals surface area contributed by atoms with Crippen LogP contribution in [-0.2, 0) is 6.54 Å². The number of hydrogen-bond acceptors (Lipinski definition) is 8. The SMILES string of the molecule is Cc1onc(-c2ccccc2)c1-c1nnc(CN2CCN(C(=O)c3cccs3)CC2)o1. The third kappa shape index (κ3) is 4.01. The summed E-state index contributed by atoms with van der Waals surface area (Å²) in [5.41, 5.74) is 2.34. The van der Waals surface area contributed by atoms with Gasteiger partial charge in [0.2, 0.25) is 5.89 Å². The minimum Gasteiger partial charge on any atom is -0.419 e. The topological polar surface area (TPSA) is 88.5 Å². The second-order valence-electron chi connectivity index (χ2n) is 7.37. The molecular weight excluding hydrogens is 414 g/mol. The van der Waals surface area contributed by atoms with Crippen molar-refractivity contribution in [2.24, 2.45) is 0 Å². The van der Waals surface area contributed by atoms with Crippen molar-refractivity contribution in [1.29, 1.82) is 0 Å². The summed E-state index contributed by atoms with van der Waals surface area (Å²) in [7, 11) is 0. The number of aryl methyl sites for hydroxylation is 1. The highest BCUT2D eigenvalue weighted by Crippen LogP contribution is 2.33. The third-order valence-corrected chi connectivity index (χ3v) is 6.20. The zero-order chi connectivity index (χ0) is 21.2. The Hall–Kier alpha value is -3.30. The second kappa shape index (κ2) is 8.44. The highest BCUT2D eigenvalue weighted by Gasteiger charge is 2.25. The molecule has 0 bridgehead atoms. The maximum atomic E-state index is 12.5. The molecule has 1 saturated heterocycles. The normalized spacial score (nSPS) is 14.8. The smallest absolute Gasteiger partial charge is 0.264 e. The van der Waals surface area contributed by atoms with Gasteiger partial charge in [0.05, 0.1) is 11.4 Å². The number of thiophene rings is 1. The molecule has 158 valence electrons. The summed E-state index contributed by atoms with van der Waals surface area (Å²) in [6, 6.07) is 13.6. The van der Waals surface area contributed by atoms with E-state index in [2.05, 4.69) is 20.3 Å². The van der Waals surface area contributed by atoms with Gasteiger partial charge in [0, 0.05) is 31.7 Å². The first-order valence-electron chi connectivity index (χ1n) is 10.1. The van der Waals surface area contributed by atoms with Gasteiger partial charge in [-0.05, 0) is 18.4 Å². The Morgan fingerprint density at radius 2 is 1.87 bits per heavy atom. The van der Waals surface area contributed by atoms with Crippen LogP contribution in [0.4, 0.5) is 0 Å². The van der Waals surface area contributed by atoms with E-state index < -0.39 is 0 Å². The van der Waals surface area contributed by atoms with Crippen LogP contribution in [0, 0.1) is 6.92 Å². The van der Waals surface area contributed by atoms with Gasteiger partial charge in [-0.3, -0.25) is 9.69 Å². The summed E-state index contributed by atoms with van der Waals surface area (Å²) in [5.74, 6) is 1.67. The van der Waals surface area contributed by atoms with Crippen LogP contribution in [0.5, 0.6) is 0 Å². The van der Waals surface area contributed by atoms with Crippen LogP contribution in [0.3, 0.4) is 0 Å². The van der Waals surface area contributed by atoms with Crippen molar-refractivity contribution in [2.45, 2.75) is 13.5 Å². The van der Waals surface area contributed by atoms with Crippen LogP contribution < -0.4 is 0 Å². The van der Waals surface area contributed by atoms with Gasteiger partial charge < -0.3 is 13.8 Å². The average Bonchev–Trinajstić information content (AvgIpc) is 3.56. The molecule has 0 aliphatic carbocycles. The van der Waals surface area contributed by atoms with E-state index in [1.165, 1.54) is 11.3 Å². The van der Waals surface area contributed by atoms with Crippen molar-refractivity contribution >= 4 is 17.2 Å². The summed E-state index contributed by atoms with van der Waals surface area (Å²) >= 11 is 1.48. The standard InChI is InChI=1S/C22H21N5O3S/c1-15-19(20(25-30-15)16-6-3-2-4-7-16)21-24-23-18(29-21)14-26-9-11-27(12-10-26)22(28)17-8-5-13-31-17/h2-8,13H,9-12,14H2,1H3. The lowest BCUT2D eigenvalue weighted by atomic mass is 10.1. The van der Waals surface area contributed by atoms with Gasteiger partial charge in [-0.15, -0.1) is 21.5 Å². The number of carbonyl (C=O) groups excluding carboxylic acids is 1. The lowest BCUT2D eigenvalue weighted by Gasteiger charge is -2.33. The molecule has 1 aromatic carbocycles. The van der Waals surface area contributed by atoms with Crippen LogP contribution >= 0.6 is 11.3 Å². The molecular formula is C22H21N5O3S. The molecule has 0 N–H and O–H groups in total. The molecule has 0 radical (unpaired) electrons. The van der Waals surface area contributed by atoms with E-state index in [9.17, 15) is 4.79 Å². The van der Waals surface area contributed by atoms with Gasteiger partial charge in [0.25, 0.3) is 11.8 Å². The molecule has 0 saturated carbocycles. The molecule has 5 rings (SSSR count). The first-order chi connectivity index (χ1) is 15.2. The summed E-state index contributed by atoms with van der Waals surface area (Å²) in [6.45, 7) is 5.26. The maximum absolute atomic E-state index is 12.5. The average molecular weight is 436 g/mol. The quantitative estimate of drug-likeness (QED) is 0.472. The molecule has 4 aromatic rings. The zero-order valence-electron chi connectivity index (χ0n) is 17.0. The lowest BCUT2D eigenvalue weighted by Crippen LogP contribution is -2.48. The van der Waals surface area contributed by atoms with Crippen molar-refractivity contribution in [3.05, 3.63) is 64.4 Å². The van der Waals surface area contributed by atoms with E-state index >= 15 is 0 Å². The zero-order valence-corrected chi connectivity index (χ0v) is 17.8. The fourth-order valence-electron chi connectivity index (χ4n) is 3.69. The van der Waals surface area contributed by atoms with Crippen LogP contribution in [0.25, 0.3) is 22.7 Å². The van der Waals surface area contributed by atoms with Crippen LogP contribution in [0.2, 0.25) is 0 Å². The number of rotatable bonds is 5. The first-order valence-corrected chi connectivity index (χ1v) is 11.0. The Kier molecular flexibility index (Phi) is 5.35. The van der Waals surface area contributed by atoms with E-state index in [0.29, 0.717) is 42.9 Å². The van der Waals surface area contributed by atoms with E-state index in [-0.39, 0.29) is 5.91 Å². The lowest BCUT2D eigenvalue weighted by molar-refractivity contribution is 0.0623. The maximum Gasteiger partial charge on any atom is 0.264 e. The van der Waals surface area contributed by atoms with Crippen molar-refractivity contribution in [3.8, 4) is 22.7 Å². The summed E-state index contributed by atoms with van der Waals surface area (Å²) in [4.78, 5) is 17.4. The molecule has 0 unspecified atom stereocenters. The highest BCUT2D eigenvalue weighted by molar-refractivity contribution is 7.12. The monoisotopic (exact) mass is 435 g/mol. The Balaban J connectivity index is 1.26. The second-order valence-corrected chi connectivity index (χ2v) is 8.32. The predicted molar refractivity (Wildman–Crippen MR) is 115 cm³/mol. The Labute approximate surface area is 183 Å². The van der Waals surface area contributed by atoms with Crippen LogP contribution in [-0.4, -0.2) is 57.2 Å². The molecule has 1 aliphatic rings. The minimum absolute atomic E-state index is 0.103. The van der Waals surface area contributed by atoms with E-state index in [0.717, 1.165) is 29.1 Å². The van der Waals surface area contributed by atoms with Gasteiger partial charge in [0.1, 0.15) is 17.0 Å². The largest absolute Gasteiger partial charge is 0.419 e. The fraction of sp³-hybridized carbons (Fsp3) is 0.273. The molecule has 0 spiro atoms. The molecule has 1 amide bonds. The summed E-state index contributed by atoms with van der Waals surface area (Å²) in [5, 5.41) is 14.6. The number of nitrogens with zero attached hydrogens (tertiary/aromatic N) is 5. The number of carbonyl (C=O) groups is 1. The van der Waals surface area contributed by atoms with Gasteiger partial charge in [-0.2, -0.15) is 0 Å². The number of benzene rings is 1. The van der Waals surface area contributed by atoms with Crippen molar-refractivity contribution < 1.29 is 13.7 Å². The molecule has 4 heterocycles. The van der Waals surface area contributed by atoms with Gasteiger partial charge >= 0.3 is 0 Å². The van der Waals surface area contributed by atoms with Gasteiger partial charge in [-0.25, -0.2) is 0 Å². The number of piperazine rings is 1. The third-order valence-electron chi connectivity index (χ3n) is 5.34. The molecule has 9 heteroatoms. The van der Waals surface area contributed by atoms with E-state index in [1.54, 1.807) is 0 Å². The fourth-order valence-corrected chi connectivity index (χ4v) is 4.38. The molecule has 8 nitrogen and oxygen atoms in total. The number of aromatic nitrogens is 3. The molecule has 31 heavy (non-hydrogen) atoms. The van der Waals surface area contributed by atoms with E-state index in [1.807, 2.05) is 59.7 Å². The Bertz CT molecular complexity index is 1160. The summed E-state index contributed by atoms with van der Waals surface area (Å²) < 4.78 is 11.4. The minimum atomic E-state index is 0.103. The summed E-state index contributed by atoms with van der Waals surface area (Å²) in [6.07, 6.45) is 0. The van der Waals surface area contributed by atoms with E-state index in [4.69, 9.17) is 8.94 Å². The van der Waals surface area contributed by atoms with Crippen molar-refractivity contribution in [3.63, 3.8) is 0 Å². The first kappa shape index (κ1) is 19.7. The highest BCUT2D eigenvalue weighted by atomic mass is 32.1. The molecule has 1 fully saturated rings. The Morgan fingerprint density at radius 3 is 2.61 bits per heavy atom. The van der Waals surface area contributed by atoms with Crippen LogP contribution in [0.15, 0.2) is 56.8 Å². The van der Waals surface area contributed by atoms with Crippen LogP contribution in [0.1, 0.15) is 21.3 Å². The van der Waals surface area contributed by atoms with Crippen molar-refractivity contribution in [2.75, 3.05) is 26.2 Å². The van der Waals surface area contributed by atoms with Gasteiger partial charge in [0.15, 0.2) is 0 Å².